The molecule has 2 heterocycles. The first kappa shape index (κ1) is 17.4. The summed E-state index contributed by atoms with van der Waals surface area (Å²) in [6, 6.07) is 9.53. The summed E-state index contributed by atoms with van der Waals surface area (Å²) in [5.74, 6) is 1.49. The minimum Gasteiger partial charge on any atom is -0.338 e. The van der Waals surface area contributed by atoms with Crippen LogP contribution in [0.5, 0.6) is 0 Å². The number of hydrogen-bond acceptors (Lipinski definition) is 5. The Morgan fingerprint density at radius 1 is 1.00 bits per heavy atom. The minimum atomic E-state index is 0.567. The van der Waals surface area contributed by atoms with Crippen molar-refractivity contribution in [3.63, 3.8) is 0 Å². The lowest BCUT2D eigenvalue weighted by Crippen LogP contribution is -2.32. The minimum absolute atomic E-state index is 0.567. The smallest absolute Gasteiger partial charge is 0.245 e. The van der Waals surface area contributed by atoms with Crippen molar-refractivity contribution >= 4 is 5.95 Å². The Morgan fingerprint density at radius 2 is 1.77 bits per heavy atom. The summed E-state index contributed by atoms with van der Waals surface area (Å²) >= 11 is 0. The highest BCUT2D eigenvalue weighted by molar-refractivity contribution is 5.59. The Balaban J connectivity index is 1.49. The van der Waals surface area contributed by atoms with Gasteiger partial charge in [-0.05, 0) is 44.8 Å². The lowest BCUT2D eigenvalue weighted by Gasteiger charge is -2.22. The number of likely N-dealkylation sites (N-methyl/N-ethyl adjacent to an activating group) is 1. The molecule has 1 aromatic heterocycles. The Morgan fingerprint density at radius 3 is 2.46 bits per heavy atom. The summed E-state index contributed by atoms with van der Waals surface area (Å²) in [7, 11) is 4.27. The molecule has 0 spiro atoms. The Kier molecular flexibility index (Phi) is 5.16. The molecule has 0 amide bonds. The average molecular weight is 351 g/mol. The molecule has 2 fully saturated rings. The van der Waals surface area contributed by atoms with E-state index >= 15 is 0 Å². The van der Waals surface area contributed by atoms with Gasteiger partial charge in [-0.1, -0.05) is 43.5 Å². The molecule has 1 aliphatic carbocycles. The van der Waals surface area contributed by atoms with Gasteiger partial charge in [-0.25, -0.2) is 4.98 Å². The van der Waals surface area contributed by atoms with Crippen molar-refractivity contribution in [2.24, 2.45) is 0 Å². The highest BCUT2D eigenvalue weighted by Gasteiger charge is 2.26. The van der Waals surface area contributed by atoms with E-state index in [1.807, 2.05) is 0 Å². The van der Waals surface area contributed by atoms with Gasteiger partial charge in [0, 0.05) is 24.7 Å². The van der Waals surface area contributed by atoms with Gasteiger partial charge in [0.2, 0.25) is 5.95 Å². The van der Waals surface area contributed by atoms with E-state index in [9.17, 15) is 0 Å². The predicted octanol–water partition coefficient (Wildman–Crippen LogP) is 3.73. The SMILES string of the molecule is CN(C)[C@@H]1CCN(c2nncc(-c3ccc(C4CCCCC4)cc3)n2)C1. The maximum atomic E-state index is 4.79. The van der Waals surface area contributed by atoms with E-state index in [4.69, 9.17) is 4.98 Å². The molecular weight excluding hydrogens is 322 g/mol. The molecule has 1 saturated carbocycles. The highest BCUT2D eigenvalue weighted by Crippen LogP contribution is 2.33. The van der Waals surface area contributed by atoms with Gasteiger partial charge in [-0.2, -0.15) is 5.10 Å². The van der Waals surface area contributed by atoms with Crippen molar-refractivity contribution in [2.45, 2.75) is 50.5 Å². The number of benzene rings is 1. The molecule has 1 atom stereocenters. The molecule has 0 bridgehead atoms. The molecule has 5 nitrogen and oxygen atoms in total. The second kappa shape index (κ2) is 7.70. The van der Waals surface area contributed by atoms with Gasteiger partial charge in [-0.3, -0.25) is 0 Å². The van der Waals surface area contributed by atoms with Crippen LogP contribution in [0.4, 0.5) is 5.95 Å². The fourth-order valence-electron chi connectivity index (χ4n) is 4.27. The van der Waals surface area contributed by atoms with Crippen LogP contribution in [0.25, 0.3) is 11.3 Å². The van der Waals surface area contributed by atoms with Crippen molar-refractivity contribution in [3.8, 4) is 11.3 Å². The summed E-state index contributed by atoms with van der Waals surface area (Å²) in [4.78, 5) is 9.32. The van der Waals surface area contributed by atoms with Gasteiger partial charge in [0.15, 0.2) is 0 Å². The summed E-state index contributed by atoms with van der Waals surface area (Å²) in [6.07, 6.45) is 9.73. The Bertz CT molecular complexity index is 721. The summed E-state index contributed by atoms with van der Waals surface area (Å²) in [5, 5.41) is 8.50. The molecular formula is C21H29N5. The molecule has 2 aliphatic rings. The zero-order chi connectivity index (χ0) is 17.9. The average Bonchev–Trinajstić information content (AvgIpc) is 3.20. The fourth-order valence-corrected chi connectivity index (χ4v) is 4.27. The van der Waals surface area contributed by atoms with Crippen molar-refractivity contribution in [3.05, 3.63) is 36.0 Å². The van der Waals surface area contributed by atoms with E-state index in [0.29, 0.717) is 6.04 Å². The van der Waals surface area contributed by atoms with Crippen LogP contribution < -0.4 is 4.90 Å². The van der Waals surface area contributed by atoms with Crippen LogP contribution in [-0.2, 0) is 0 Å². The zero-order valence-corrected chi connectivity index (χ0v) is 15.9. The van der Waals surface area contributed by atoms with Gasteiger partial charge in [-0.15, -0.1) is 5.10 Å². The standard InChI is InChI=1S/C21H29N5/c1-25(2)19-12-13-26(15-19)21-23-20(14-22-24-21)18-10-8-17(9-11-18)16-6-4-3-5-7-16/h8-11,14,16,19H,3-7,12-13,15H2,1-2H3/t19-/m1/s1. The number of aromatic nitrogens is 3. The van der Waals surface area contributed by atoms with Gasteiger partial charge < -0.3 is 9.80 Å². The van der Waals surface area contributed by atoms with Crippen LogP contribution in [0.1, 0.15) is 50.0 Å². The molecule has 26 heavy (non-hydrogen) atoms. The van der Waals surface area contributed by atoms with E-state index < -0.39 is 0 Å². The summed E-state index contributed by atoms with van der Waals surface area (Å²) < 4.78 is 0. The first-order valence-electron chi connectivity index (χ1n) is 9.92. The zero-order valence-electron chi connectivity index (χ0n) is 15.9. The summed E-state index contributed by atoms with van der Waals surface area (Å²) in [5.41, 5.74) is 3.52. The molecule has 0 unspecified atom stereocenters. The first-order valence-corrected chi connectivity index (χ1v) is 9.92. The monoisotopic (exact) mass is 351 g/mol. The van der Waals surface area contributed by atoms with Gasteiger partial charge in [0.05, 0.1) is 11.9 Å². The molecule has 4 rings (SSSR count). The second-order valence-corrected chi connectivity index (χ2v) is 7.95. The number of hydrogen-bond donors (Lipinski definition) is 0. The van der Waals surface area contributed by atoms with Crippen LogP contribution >= 0.6 is 0 Å². The fraction of sp³-hybridized carbons (Fsp3) is 0.571. The Hall–Kier alpha value is -2.01. The van der Waals surface area contributed by atoms with Crippen LogP contribution in [0.2, 0.25) is 0 Å². The van der Waals surface area contributed by atoms with Gasteiger partial charge in [0.25, 0.3) is 0 Å². The summed E-state index contributed by atoms with van der Waals surface area (Å²) in [6.45, 7) is 1.97. The molecule has 0 radical (unpaired) electrons. The lowest BCUT2D eigenvalue weighted by molar-refractivity contribution is 0.315. The normalized spacial score (nSPS) is 21.5. The van der Waals surface area contributed by atoms with Crippen molar-refractivity contribution in [2.75, 3.05) is 32.1 Å². The van der Waals surface area contributed by atoms with Crippen LogP contribution in [-0.4, -0.2) is 53.3 Å². The van der Waals surface area contributed by atoms with Crippen LogP contribution in [0.15, 0.2) is 30.5 Å². The third-order valence-electron chi connectivity index (χ3n) is 6.01. The number of nitrogens with zero attached hydrogens (tertiary/aromatic N) is 5. The lowest BCUT2D eigenvalue weighted by atomic mass is 9.84. The highest BCUT2D eigenvalue weighted by atomic mass is 15.3. The third-order valence-corrected chi connectivity index (χ3v) is 6.01. The quantitative estimate of drug-likeness (QED) is 0.840. The molecule has 1 aliphatic heterocycles. The van der Waals surface area contributed by atoms with E-state index in [2.05, 4.69) is 58.4 Å². The predicted molar refractivity (Wildman–Crippen MR) is 105 cm³/mol. The van der Waals surface area contributed by atoms with E-state index in [1.165, 1.54) is 37.7 Å². The molecule has 5 heteroatoms. The molecule has 1 aromatic carbocycles. The first-order chi connectivity index (χ1) is 12.7. The van der Waals surface area contributed by atoms with E-state index in [0.717, 1.165) is 42.6 Å². The maximum absolute atomic E-state index is 4.79. The van der Waals surface area contributed by atoms with E-state index in [-0.39, 0.29) is 0 Å². The topological polar surface area (TPSA) is 45.2 Å². The number of rotatable bonds is 4. The van der Waals surface area contributed by atoms with Crippen LogP contribution in [0, 0.1) is 0 Å². The van der Waals surface area contributed by atoms with Gasteiger partial charge in [0.1, 0.15) is 0 Å². The van der Waals surface area contributed by atoms with Crippen molar-refractivity contribution < 1.29 is 0 Å². The van der Waals surface area contributed by atoms with Crippen LogP contribution in [0.3, 0.4) is 0 Å². The van der Waals surface area contributed by atoms with Crippen molar-refractivity contribution in [1.82, 2.24) is 20.1 Å². The number of anilines is 1. The Labute approximate surface area is 156 Å². The molecule has 138 valence electrons. The molecule has 2 aromatic rings. The van der Waals surface area contributed by atoms with Crippen molar-refractivity contribution in [1.29, 1.82) is 0 Å². The van der Waals surface area contributed by atoms with E-state index in [1.54, 1.807) is 6.20 Å². The molecule has 1 saturated heterocycles. The third kappa shape index (κ3) is 3.73. The largest absolute Gasteiger partial charge is 0.338 e. The molecule has 0 N–H and O–H groups in total. The van der Waals surface area contributed by atoms with Gasteiger partial charge >= 0.3 is 0 Å². The second-order valence-electron chi connectivity index (χ2n) is 7.95. The maximum Gasteiger partial charge on any atom is 0.245 e.